The Labute approximate surface area is 140 Å². The van der Waals surface area contributed by atoms with Crippen molar-refractivity contribution in [2.24, 2.45) is 0 Å². The van der Waals surface area contributed by atoms with Gasteiger partial charge in [-0.3, -0.25) is 4.79 Å². The number of aromatic nitrogens is 3. The second-order valence-electron chi connectivity index (χ2n) is 5.12. The lowest BCUT2D eigenvalue weighted by Crippen LogP contribution is -2.38. The molecule has 1 fully saturated rings. The summed E-state index contributed by atoms with van der Waals surface area (Å²) < 4.78 is 7.59. The Hall–Kier alpha value is -1.96. The highest BCUT2D eigenvalue weighted by Crippen LogP contribution is 2.26. The van der Waals surface area contributed by atoms with Crippen LogP contribution >= 0.6 is 22.9 Å². The Bertz CT molecular complexity index is 884. The first kappa shape index (κ1) is 14.6. The molecule has 118 valence electrons. The van der Waals surface area contributed by atoms with Crippen LogP contribution in [0.2, 0.25) is 5.02 Å². The second-order valence-corrected chi connectivity index (χ2v) is 6.51. The number of morpholine rings is 1. The average molecular weight is 349 g/mol. The van der Waals surface area contributed by atoms with Crippen molar-refractivity contribution >= 4 is 38.8 Å². The number of nitrogens with zero attached hydrogens (tertiary/aromatic N) is 4. The van der Waals surface area contributed by atoms with Gasteiger partial charge in [-0.25, -0.2) is 4.98 Å². The van der Waals surface area contributed by atoms with Crippen molar-refractivity contribution in [3.05, 3.63) is 45.8 Å². The van der Waals surface area contributed by atoms with Gasteiger partial charge >= 0.3 is 0 Å². The average Bonchev–Trinajstić information content (AvgIpc) is 3.02. The van der Waals surface area contributed by atoms with Gasteiger partial charge in [0.1, 0.15) is 5.02 Å². The molecule has 0 N–H and O–H groups in total. The van der Waals surface area contributed by atoms with E-state index in [1.54, 1.807) is 6.20 Å². The smallest absolute Gasteiger partial charge is 0.294 e. The van der Waals surface area contributed by atoms with Gasteiger partial charge in [0.25, 0.3) is 5.56 Å². The van der Waals surface area contributed by atoms with Crippen LogP contribution in [0, 0.1) is 0 Å². The topological polar surface area (TPSA) is 60.3 Å². The lowest BCUT2D eigenvalue weighted by atomic mass is 10.3. The minimum absolute atomic E-state index is 0.168. The van der Waals surface area contributed by atoms with Crippen molar-refractivity contribution in [3.63, 3.8) is 0 Å². The maximum Gasteiger partial charge on any atom is 0.294 e. The molecule has 0 spiro atoms. The molecule has 6 nitrogen and oxygen atoms in total. The molecule has 1 aromatic carbocycles. The molecule has 2 aromatic heterocycles. The second kappa shape index (κ2) is 5.92. The molecule has 23 heavy (non-hydrogen) atoms. The molecule has 1 saturated heterocycles. The Balaban J connectivity index is 1.78. The molecule has 1 aliphatic heterocycles. The van der Waals surface area contributed by atoms with Gasteiger partial charge in [0.05, 0.1) is 35.3 Å². The van der Waals surface area contributed by atoms with E-state index in [0.29, 0.717) is 37.1 Å². The number of hydrogen-bond acceptors (Lipinski definition) is 6. The molecule has 3 heterocycles. The van der Waals surface area contributed by atoms with Gasteiger partial charge in [0, 0.05) is 13.1 Å². The summed E-state index contributed by atoms with van der Waals surface area (Å²) in [5.74, 6) is 0. The van der Waals surface area contributed by atoms with E-state index in [1.165, 1.54) is 16.0 Å². The Morgan fingerprint density at radius 3 is 2.78 bits per heavy atom. The van der Waals surface area contributed by atoms with Crippen molar-refractivity contribution in [2.45, 2.75) is 0 Å². The van der Waals surface area contributed by atoms with E-state index in [0.717, 1.165) is 10.2 Å². The van der Waals surface area contributed by atoms with Crippen molar-refractivity contribution in [3.8, 4) is 5.13 Å². The quantitative estimate of drug-likeness (QED) is 0.711. The summed E-state index contributed by atoms with van der Waals surface area (Å²) in [5, 5.41) is 4.95. The van der Waals surface area contributed by atoms with Gasteiger partial charge in [-0.15, -0.1) is 0 Å². The van der Waals surface area contributed by atoms with E-state index < -0.39 is 0 Å². The van der Waals surface area contributed by atoms with Crippen LogP contribution in [0.25, 0.3) is 15.3 Å². The summed E-state index contributed by atoms with van der Waals surface area (Å²) in [4.78, 5) is 19.1. The van der Waals surface area contributed by atoms with E-state index in [4.69, 9.17) is 16.3 Å². The summed E-state index contributed by atoms with van der Waals surface area (Å²) in [6.07, 6.45) is 1.63. The molecule has 3 aromatic rings. The molecule has 8 heteroatoms. The van der Waals surface area contributed by atoms with Crippen LogP contribution in [0.15, 0.2) is 35.3 Å². The van der Waals surface area contributed by atoms with E-state index >= 15 is 0 Å². The molecule has 0 aliphatic carbocycles. The van der Waals surface area contributed by atoms with E-state index in [2.05, 4.69) is 10.1 Å². The van der Waals surface area contributed by atoms with Gasteiger partial charge in [0.15, 0.2) is 0 Å². The molecule has 0 radical (unpaired) electrons. The fourth-order valence-corrected chi connectivity index (χ4v) is 3.71. The molecular weight excluding hydrogens is 336 g/mol. The Kier molecular flexibility index (Phi) is 3.76. The summed E-state index contributed by atoms with van der Waals surface area (Å²) in [6, 6.07) is 7.72. The van der Waals surface area contributed by atoms with Gasteiger partial charge in [-0.1, -0.05) is 35.1 Å². The number of ether oxygens (including phenoxy) is 1. The van der Waals surface area contributed by atoms with Crippen LogP contribution in [0.3, 0.4) is 0 Å². The van der Waals surface area contributed by atoms with E-state index in [1.807, 2.05) is 29.2 Å². The van der Waals surface area contributed by atoms with Gasteiger partial charge in [0.2, 0.25) is 5.13 Å². The maximum absolute atomic E-state index is 12.6. The van der Waals surface area contributed by atoms with E-state index in [-0.39, 0.29) is 10.6 Å². The molecule has 1 aliphatic rings. The zero-order valence-electron chi connectivity index (χ0n) is 12.1. The molecule has 0 amide bonds. The van der Waals surface area contributed by atoms with Crippen LogP contribution < -0.4 is 10.5 Å². The number of halogens is 1. The summed E-state index contributed by atoms with van der Waals surface area (Å²) in [6.45, 7) is 2.65. The first-order chi connectivity index (χ1) is 11.2. The third kappa shape index (κ3) is 2.60. The third-order valence-electron chi connectivity index (χ3n) is 3.72. The molecule has 0 saturated carbocycles. The normalized spacial score (nSPS) is 15.3. The van der Waals surface area contributed by atoms with Crippen molar-refractivity contribution in [1.29, 1.82) is 0 Å². The highest BCUT2D eigenvalue weighted by Gasteiger charge is 2.19. The minimum atomic E-state index is -0.352. The van der Waals surface area contributed by atoms with Crippen molar-refractivity contribution in [2.75, 3.05) is 31.2 Å². The predicted molar refractivity (Wildman–Crippen MR) is 91.1 cm³/mol. The molecule has 0 unspecified atom stereocenters. The van der Waals surface area contributed by atoms with Crippen molar-refractivity contribution < 1.29 is 4.74 Å². The summed E-state index contributed by atoms with van der Waals surface area (Å²) in [7, 11) is 0. The highest BCUT2D eigenvalue weighted by molar-refractivity contribution is 7.20. The third-order valence-corrected chi connectivity index (χ3v) is 5.08. The van der Waals surface area contributed by atoms with E-state index in [9.17, 15) is 4.79 Å². The van der Waals surface area contributed by atoms with Gasteiger partial charge in [-0.05, 0) is 12.1 Å². The van der Waals surface area contributed by atoms with Crippen LogP contribution in [0.1, 0.15) is 0 Å². The number of anilines is 1. The molecule has 4 rings (SSSR count). The predicted octanol–water partition coefficient (Wildman–Crippen LogP) is 2.33. The standard InChI is InChI=1S/C15H13ClN4O2S/c16-13-11(19-5-7-22-8-6-19)9-17-20(14(13)21)15-18-10-3-1-2-4-12(10)23-15/h1-4,9H,5-8H2. The summed E-state index contributed by atoms with van der Waals surface area (Å²) >= 11 is 7.71. The lowest BCUT2D eigenvalue weighted by Gasteiger charge is -2.28. The Morgan fingerprint density at radius 2 is 2.00 bits per heavy atom. The minimum Gasteiger partial charge on any atom is -0.378 e. The van der Waals surface area contributed by atoms with Gasteiger partial charge in [-0.2, -0.15) is 9.78 Å². The molecular formula is C15H13ClN4O2S. The molecule has 0 bridgehead atoms. The Morgan fingerprint density at radius 1 is 1.22 bits per heavy atom. The molecule has 0 atom stereocenters. The van der Waals surface area contributed by atoms with Crippen LogP contribution in [0.5, 0.6) is 0 Å². The first-order valence-electron chi connectivity index (χ1n) is 7.20. The number of fused-ring (bicyclic) bond motifs is 1. The number of para-hydroxylation sites is 1. The van der Waals surface area contributed by atoms with Crippen molar-refractivity contribution in [1.82, 2.24) is 14.8 Å². The number of rotatable bonds is 2. The number of thiazole rings is 1. The zero-order valence-corrected chi connectivity index (χ0v) is 13.7. The lowest BCUT2D eigenvalue weighted by molar-refractivity contribution is 0.122. The summed E-state index contributed by atoms with van der Waals surface area (Å²) in [5.41, 5.74) is 1.14. The fourth-order valence-electron chi connectivity index (χ4n) is 2.54. The monoisotopic (exact) mass is 348 g/mol. The number of benzene rings is 1. The SMILES string of the molecule is O=c1c(Cl)c(N2CCOCC2)cnn1-c1nc2ccccc2s1. The van der Waals surface area contributed by atoms with Gasteiger partial charge < -0.3 is 9.64 Å². The first-order valence-corrected chi connectivity index (χ1v) is 8.40. The highest BCUT2D eigenvalue weighted by atomic mass is 35.5. The van der Waals surface area contributed by atoms with Crippen LogP contribution in [0.4, 0.5) is 5.69 Å². The number of hydrogen-bond donors (Lipinski definition) is 0. The largest absolute Gasteiger partial charge is 0.378 e. The van der Waals surface area contributed by atoms with Crippen LogP contribution in [-0.4, -0.2) is 41.1 Å². The zero-order chi connectivity index (χ0) is 15.8. The van der Waals surface area contributed by atoms with Crippen LogP contribution in [-0.2, 0) is 4.74 Å². The maximum atomic E-state index is 12.6. The fraction of sp³-hybridized carbons (Fsp3) is 0.267.